The van der Waals surface area contributed by atoms with Gasteiger partial charge in [-0.1, -0.05) is 6.92 Å². The summed E-state index contributed by atoms with van der Waals surface area (Å²) >= 11 is 6.62. The molecule has 106 valence electrons. The summed E-state index contributed by atoms with van der Waals surface area (Å²) < 4.78 is 1.06. The first-order chi connectivity index (χ1) is 9.58. The summed E-state index contributed by atoms with van der Waals surface area (Å²) in [6.45, 7) is 4.02. The van der Waals surface area contributed by atoms with Crippen molar-refractivity contribution in [2.45, 2.75) is 26.3 Å². The van der Waals surface area contributed by atoms with Gasteiger partial charge >= 0.3 is 0 Å². The maximum absolute atomic E-state index is 11.9. The van der Waals surface area contributed by atoms with Crippen molar-refractivity contribution in [1.82, 2.24) is 10.3 Å². The number of aromatic nitrogens is 1. The number of halogens is 1. The summed E-state index contributed by atoms with van der Waals surface area (Å²) in [5, 5.41) is 6.02. The van der Waals surface area contributed by atoms with E-state index in [0.717, 1.165) is 25.8 Å². The molecule has 3 nitrogen and oxygen atoms in total. The topological polar surface area (TPSA) is 42.0 Å². The number of rotatable bonds is 5. The summed E-state index contributed by atoms with van der Waals surface area (Å²) in [5.41, 5.74) is 0.924. The highest BCUT2D eigenvalue weighted by Crippen LogP contribution is 2.23. The van der Waals surface area contributed by atoms with Crippen LogP contribution in [0.2, 0.25) is 0 Å². The minimum atomic E-state index is -0.104. The van der Waals surface area contributed by atoms with Gasteiger partial charge in [0.1, 0.15) is 0 Å². The fourth-order valence-corrected chi connectivity index (χ4v) is 3.76. The van der Waals surface area contributed by atoms with E-state index >= 15 is 0 Å². The van der Waals surface area contributed by atoms with Crippen LogP contribution in [0.1, 0.15) is 35.5 Å². The molecular formula is C14H15BrN2OS2. The minimum Gasteiger partial charge on any atom is -0.344 e. The Balaban J connectivity index is 1.92. The zero-order valence-electron chi connectivity index (χ0n) is 11.2. The third-order valence-corrected chi connectivity index (χ3v) is 5.27. The molecule has 0 aromatic carbocycles. The third-order valence-electron chi connectivity index (χ3n) is 2.67. The number of amides is 1. The number of carbonyl (C=O) groups is 1. The third kappa shape index (κ3) is 4.26. The van der Waals surface area contributed by atoms with Gasteiger partial charge < -0.3 is 5.32 Å². The molecule has 6 heteroatoms. The molecule has 2 rings (SSSR count). The molecule has 0 saturated carbocycles. The van der Waals surface area contributed by atoms with Crippen LogP contribution in [0, 0.1) is 0 Å². The van der Waals surface area contributed by atoms with E-state index < -0.39 is 0 Å². The van der Waals surface area contributed by atoms with E-state index in [1.54, 1.807) is 28.7 Å². The lowest BCUT2D eigenvalue weighted by Gasteiger charge is -2.09. The molecule has 0 aliphatic carbocycles. The van der Waals surface area contributed by atoms with E-state index in [-0.39, 0.29) is 11.9 Å². The van der Waals surface area contributed by atoms with Gasteiger partial charge in [0.25, 0.3) is 0 Å². The summed E-state index contributed by atoms with van der Waals surface area (Å²) in [6.07, 6.45) is 4.30. The molecule has 1 unspecified atom stereocenters. The Morgan fingerprint density at radius 3 is 2.95 bits per heavy atom. The Labute approximate surface area is 134 Å². The Hall–Kier alpha value is -0.980. The number of carbonyl (C=O) groups excluding carboxylic acids is 1. The number of nitrogens with zero attached hydrogens (tertiary/aromatic N) is 1. The Morgan fingerprint density at radius 1 is 1.55 bits per heavy atom. The van der Waals surface area contributed by atoms with Crippen LogP contribution in [0.3, 0.4) is 0 Å². The van der Waals surface area contributed by atoms with E-state index in [0.29, 0.717) is 0 Å². The molecule has 1 N–H and O–H groups in total. The van der Waals surface area contributed by atoms with Crippen molar-refractivity contribution in [2.75, 3.05) is 0 Å². The Bertz CT molecular complexity index is 618. The lowest BCUT2D eigenvalue weighted by molar-refractivity contribution is -0.117. The Kier molecular flexibility index (Phi) is 5.51. The van der Waals surface area contributed by atoms with Crippen molar-refractivity contribution in [3.8, 4) is 0 Å². The first-order valence-electron chi connectivity index (χ1n) is 6.26. The van der Waals surface area contributed by atoms with Gasteiger partial charge in [-0.05, 0) is 47.5 Å². The fourth-order valence-electron chi connectivity index (χ4n) is 1.60. The zero-order valence-corrected chi connectivity index (χ0v) is 14.4. The molecule has 2 heterocycles. The molecule has 0 aliphatic heterocycles. The van der Waals surface area contributed by atoms with Crippen LogP contribution in [0.4, 0.5) is 0 Å². The second-order valence-corrected chi connectivity index (χ2v) is 7.66. The molecule has 0 radical (unpaired) electrons. The maximum Gasteiger partial charge on any atom is 0.244 e. The van der Waals surface area contributed by atoms with Crippen LogP contribution in [0.5, 0.6) is 0 Å². The van der Waals surface area contributed by atoms with Crippen LogP contribution in [0.25, 0.3) is 6.08 Å². The summed E-state index contributed by atoms with van der Waals surface area (Å²) in [7, 11) is 0. The van der Waals surface area contributed by atoms with Crippen LogP contribution in [-0.2, 0) is 11.2 Å². The van der Waals surface area contributed by atoms with E-state index in [2.05, 4.69) is 33.2 Å². The smallest absolute Gasteiger partial charge is 0.244 e. The van der Waals surface area contributed by atoms with Crippen molar-refractivity contribution >= 4 is 50.6 Å². The molecule has 2 aromatic heterocycles. The fraction of sp³-hybridized carbons (Fsp3) is 0.286. The first kappa shape index (κ1) is 15.4. The first-order valence-corrected chi connectivity index (χ1v) is 8.75. The van der Waals surface area contributed by atoms with Crippen molar-refractivity contribution in [3.63, 3.8) is 0 Å². The molecule has 1 amide bonds. The average Bonchev–Trinajstić information content (AvgIpc) is 3.05. The highest BCUT2D eigenvalue weighted by atomic mass is 79.9. The van der Waals surface area contributed by atoms with Crippen molar-refractivity contribution in [3.05, 3.63) is 43.0 Å². The van der Waals surface area contributed by atoms with Gasteiger partial charge in [-0.25, -0.2) is 4.98 Å². The second kappa shape index (κ2) is 7.15. The average molecular weight is 371 g/mol. The standard InChI is InChI=1S/C14H15BrN2OS2/c1-3-14-17-11(8-19-14)9(2)16-13(18)7-5-10-4-6-12(15)20-10/h4-9H,3H2,1-2H3,(H,16,18)/b7-5+. The summed E-state index contributed by atoms with van der Waals surface area (Å²) in [4.78, 5) is 17.4. The van der Waals surface area contributed by atoms with Crippen molar-refractivity contribution in [1.29, 1.82) is 0 Å². The molecule has 0 spiro atoms. The molecule has 1 atom stereocenters. The van der Waals surface area contributed by atoms with Crippen molar-refractivity contribution in [2.24, 2.45) is 0 Å². The lowest BCUT2D eigenvalue weighted by Crippen LogP contribution is -2.24. The number of hydrogen-bond acceptors (Lipinski definition) is 4. The highest BCUT2D eigenvalue weighted by Gasteiger charge is 2.11. The maximum atomic E-state index is 11.9. The number of thiazole rings is 1. The van der Waals surface area contributed by atoms with Crippen LogP contribution >= 0.6 is 38.6 Å². The summed E-state index contributed by atoms with van der Waals surface area (Å²) in [6, 6.07) is 3.86. The van der Waals surface area contributed by atoms with E-state index in [4.69, 9.17) is 0 Å². The van der Waals surface area contributed by atoms with E-state index in [1.807, 2.05) is 30.5 Å². The SMILES string of the molecule is CCc1nc(C(C)NC(=O)/C=C/c2ccc(Br)s2)cs1. The molecule has 20 heavy (non-hydrogen) atoms. The molecule has 0 saturated heterocycles. The van der Waals surface area contributed by atoms with Gasteiger partial charge in [0.05, 0.1) is 20.5 Å². The molecular weight excluding hydrogens is 356 g/mol. The normalized spacial score (nSPS) is 12.8. The number of thiophene rings is 1. The molecule has 0 bridgehead atoms. The zero-order chi connectivity index (χ0) is 14.5. The largest absolute Gasteiger partial charge is 0.344 e. The molecule has 0 aliphatic rings. The molecule has 2 aromatic rings. The summed E-state index contributed by atoms with van der Waals surface area (Å²) in [5.74, 6) is -0.104. The van der Waals surface area contributed by atoms with Gasteiger partial charge in [0.2, 0.25) is 5.91 Å². The number of hydrogen-bond donors (Lipinski definition) is 1. The van der Waals surface area contributed by atoms with Gasteiger partial charge in [0, 0.05) is 16.3 Å². The van der Waals surface area contributed by atoms with Gasteiger partial charge in [-0.3, -0.25) is 4.79 Å². The van der Waals surface area contributed by atoms with Crippen LogP contribution in [0.15, 0.2) is 27.4 Å². The Morgan fingerprint density at radius 2 is 2.35 bits per heavy atom. The van der Waals surface area contributed by atoms with Gasteiger partial charge in [0.15, 0.2) is 0 Å². The van der Waals surface area contributed by atoms with E-state index in [9.17, 15) is 4.79 Å². The van der Waals surface area contributed by atoms with Crippen molar-refractivity contribution < 1.29 is 4.79 Å². The molecule has 0 fully saturated rings. The van der Waals surface area contributed by atoms with Crippen LogP contribution < -0.4 is 5.32 Å². The lowest BCUT2D eigenvalue weighted by atomic mass is 10.2. The monoisotopic (exact) mass is 370 g/mol. The second-order valence-electron chi connectivity index (χ2n) is 4.23. The number of nitrogens with one attached hydrogen (secondary N) is 1. The van der Waals surface area contributed by atoms with Crippen LogP contribution in [-0.4, -0.2) is 10.9 Å². The predicted molar refractivity (Wildman–Crippen MR) is 89.1 cm³/mol. The quantitative estimate of drug-likeness (QED) is 0.791. The highest BCUT2D eigenvalue weighted by molar-refractivity contribution is 9.11. The van der Waals surface area contributed by atoms with Gasteiger partial charge in [-0.2, -0.15) is 0 Å². The van der Waals surface area contributed by atoms with Gasteiger partial charge in [-0.15, -0.1) is 22.7 Å². The predicted octanol–water partition coefficient (Wildman–Crippen LogP) is 4.42. The minimum absolute atomic E-state index is 0.0706. The number of aryl methyl sites for hydroxylation is 1. The van der Waals surface area contributed by atoms with E-state index in [1.165, 1.54) is 0 Å².